The van der Waals surface area contributed by atoms with Gasteiger partial charge in [-0.1, -0.05) is 78.9 Å². The highest BCUT2D eigenvalue weighted by molar-refractivity contribution is 7.07. The van der Waals surface area contributed by atoms with Crippen LogP contribution in [0.4, 0.5) is 5.69 Å². The molecule has 2 aromatic heterocycles. The number of para-hydroxylation sites is 1. The molecule has 0 spiro atoms. The number of hydrogen-bond acceptors (Lipinski definition) is 3. The van der Waals surface area contributed by atoms with E-state index in [9.17, 15) is 4.79 Å². The molecule has 35 heavy (non-hydrogen) atoms. The minimum atomic E-state index is -0.110. The van der Waals surface area contributed by atoms with E-state index in [1.807, 2.05) is 61.1 Å². The highest BCUT2D eigenvalue weighted by atomic mass is 32.1. The van der Waals surface area contributed by atoms with E-state index < -0.39 is 0 Å². The second kappa shape index (κ2) is 10.2. The summed E-state index contributed by atoms with van der Waals surface area (Å²) in [7, 11) is 1.90. The molecular formula is C29H28N4OS. The molecule has 0 amide bonds. The van der Waals surface area contributed by atoms with Gasteiger partial charge >= 0.3 is 0 Å². The fourth-order valence-electron chi connectivity index (χ4n) is 4.34. The fraction of sp³-hybridized carbons (Fsp3) is 0.172. The van der Waals surface area contributed by atoms with Crippen molar-refractivity contribution in [2.45, 2.75) is 26.3 Å². The molecule has 0 atom stereocenters. The molecule has 0 radical (unpaired) electrons. The summed E-state index contributed by atoms with van der Waals surface area (Å²) in [4.78, 5) is 19.2. The third-order valence-corrected chi connectivity index (χ3v) is 7.15. The minimum absolute atomic E-state index is 0.110. The number of aryl methyl sites for hydroxylation is 1. The summed E-state index contributed by atoms with van der Waals surface area (Å²) in [5, 5.41) is 2.14. The lowest BCUT2D eigenvalue weighted by atomic mass is 10.1. The van der Waals surface area contributed by atoms with Crippen molar-refractivity contribution in [3.63, 3.8) is 0 Å². The van der Waals surface area contributed by atoms with E-state index in [0.717, 1.165) is 46.8 Å². The van der Waals surface area contributed by atoms with Crippen LogP contribution in [0.3, 0.4) is 0 Å². The lowest BCUT2D eigenvalue weighted by Crippen LogP contribution is -2.20. The normalized spacial score (nSPS) is 11.8. The average molecular weight is 481 g/mol. The Bertz CT molecular complexity index is 1540. The molecule has 6 heteroatoms. The molecule has 2 heterocycles. The molecule has 5 nitrogen and oxygen atoms in total. The molecule has 176 valence electrons. The van der Waals surface area contributed by atoms with Gasteiger partial charge in [0.05, 0.1) is 17.1 Å². The maximum absolute atomic E-state index is 13.4. The van der Waals surface area contributed by atoms with Crippen LogP contribution in [-0.4, -0.2) is 13.9 Å². The zero-order chi connectivity index (χ0) is 24.2. The Kier molecular flexibility index (Phi) is 6.64. The molecule has 0 aliphatic rings. The van der Waals surface area contributed by atoms with Gasteiger partial charge in [-0.15, -0.1) is 11.3 Å². The Hall–Kier alpha value is -3.90. The first-order chi connectivity index (χ1) is 17.1. The Morgan fingerprint density at radius 3 is 2.17 bits per heavy atom. The molecule has 0 N–H and O–H groups in total. The molecule has 0 unspecified atom stereocenters. The number of hydrogen-bond donors (Lipinski definition) is 0. The maximum atomic E-state index is 13.4. The average Bonchev–Trinajstić information content (AvgIpc) is 3.39. The molecule has 0 saturated heterocycles. The van der Waals surface area contributed by atoms with Crippen molar-refractivity contribution in [2.75, 3.05) is 0 Å². The zero-order valence-corrected chi connectivity index (χ0v) is 20.8. The molecule has 5 aromatic rings. The van der Waals surface area contributed by atoms with Crippen LogP contribution in [0.5, 0.6) is 0 Å². The van der Waals surface area contributed by atoms with Gasteiger partial charge in [0.25, 0.3) is 5.56 Å². The van der Waals surface area contributed by atoms with E-state index >= 15 is 0 Å². The molecule has 0 bridgehead atoms. The van der Waals surface area contributed by atoms with E-state index in [1.165, 1.54) is 5.56 Å². The van der Waals surface area contributed by atoms with E-state index in [4.69, 9.17) is 4.99 Å². The van der Waals surface area contributed by atoms with Crippen LogP contribution in [0.2, 0.25) is 0 Å². The second-order valence-electron chi connectivity index (χ2n) is 8.53. The molecule has 3 aromatic carbocycles. The molecule has 0 aliphatic heterocycles. The van der Waals surface area contributed by atoms with Gasteiger partial charge in [-0.05, 0) is 43.0 Å². The standard InChI is InChI=1S/C29H28N4OS/c1-22-27(28(34)33(31(22)2)25-18-10-5-11-19-25)30-29-32(20-12-15-23-13-6-3-7-14-23)26(21-35-29)24-16-8-4-9-17-24/h3-11,13-14,16-19,21H,12,15,20H2,1-2H3. The van der Waals surface area contributed by atoms with Crippen molar-refractivity contribution in [1.29, 1.82) is 0 Å². The second-order valence-corrected chi connectivity index (χ2v) is 9.37. The lowest BCUT2D eigenvalue weighted by Gasteiger charge is -2.09. The molecule has 0 saturated carbocycles. The number of aromatic nitrogens is 3. The predicted octanol–water partition coefficient (Wildman–Crippen LogP) is 5.88. The number of thiazole rings is 1. The van der Waals surface area contributed by atoms with Crippen LogP contribution in [0.1, 0.15) is 17.7 Å². The maximum Gasteiger partial charge on any atom is 0.297 e. The van der Waals surface area contributed by atoms with Crippen LogP contribution in [-0.2, 0) is 20.0 Å². The fourth-order valence-corrected chi connectivity index (χ4v) is 5.28. The van der Waals surface area contributed by atoms with E-state index in [0.29, 0.717) is 5.69 Å². The Labute approximate surface area is 208 Å². The summed E-state index contributed by atoms with van der Waals surface area (Å²) in [5.74, 6) is 0. The first-order valence-electron chi connectivity index (χ1n) is 11.8. The van der Waals surface area contributed by atoms with Gasteiger partial charge in [-0.2, -0.15) is 0 Å². The first kappa shape index (κ1) is 22.9. The summed E-state index contributed by atoms with van der Waals surface area (Å²) in [6.07, 6.45) is 1.97. The van der Waals surface area contributed by atoms with Crippen molar-refractivity contribution in [3.05, 3.63) is 123 Å². The largest absolute Gasteiger partial charge is 0.316 e. The zero-order valence-electron chi connectivity index (χ0n) is 20.0. The molecule has 0 fully saturated rings. The van der Waals surface area contributed by atoms with E-state index in [-0.39, 0.29) is 5.56 Å². The first-order valence-corrected chi connectivity index (χ1v) is 12.7. The third-order valence-electron chi connectivity index (χ3n) is 6.29. The summed E-state index contributed by atoms with van der Waals surface area (Å²) >= 11 is 1.58. The summed E-state index contributed by atoms with van der Waals surface area (Å²) in [6, 6.07) is 30.6. The van der Waals surface area contributed by atoms with Crippen LogP contribution in [0.25, 0.3) is 16.9 Å². The van der Waals surface area contributed by atoms with E-state index in [2.05, 4.69) is 58.5 Å². The van der Waals surface area contributed by atoms with Gasteiger partial charge < -0.3 is 4.57 Å². The third kappa shape index (κ3) is 4.70. The van der Waals surface area contributed by atoms with Crippen LogP contribution in [0.15, 0.2) is 106 Å². The topological polar surface area (TPSA) is 44.2 Å². The van der Waals surface area contributed by atoms with Crippen LogP contribution >= 0.6 is 11.3 Å². The number of rotatable bonds is 7. The van der Waals surface area contributed by atoms with Crippen molar-refractivity contribution < 1.29 is 0 Å². The van der Waals surface area contributed by atoms with Crippen LogP contribution < -0.4 is 10.4 Å². The predicted molar refractivity (Wildman–Crippen MR) is 143 cm³/mol. The lowest BCUT2D eigenvalue weighted by molar-refractivity contribution is 0.630. The van der Waals surface area contributed by atoms with Crippen LogP contribution in [0, 0.1) is 6.92 Å². The SMILES string of the molecule is Cc1c(N=c2scc(-c3ccccc3)n2CCCc2ccccc2)c(=O)n(-c2ccccc2)n1C. The Balaban J connectivity index is 1.58. The number of nitrogens with zero attached hydrogens (tertiary/aromatic N) is 4. The van der Waals surface area contributed by atoms with Gasteiger partial charge in [0.15, 0.2) is 10.5 Å². The highest BCUT2D eigenvalue weighted by Gasteiger charge is 2.16. The van der Waals surface area contributed by atoms with Crippen molar-refractivity contribution in [2.24, 2.45) is 12.0 Å². The van der Waals surface area contributed by atoms with Crippen molar-refractivity contribution >= 4 is 17.0 Å². The smallest absolute Gasteiger partial charge is 0.297 e. The molecular weight excluding hydrogens is 452 g/mol. The minimum Gasteiger partial charge on any atom is -0.316 e. The van der Waals surface area contributed by atoms with Gasteiger partial charge in [0, 0.05) is 19.0 Å². The monoisotopic (exact) mass is 480 g/mol. The Morgan fingerprint density at radius 2 is 1.49 bits per heavy atom. The summed E-state index contributed by atoms with van der Waals surface area (Å²) in [6.45, 7) is 2.77. The highest BCUT2D eigenvalue weighted by Crippen LogP contribution is 2.22. The van der Waals surface area contributed by atoms with Gasteiger partial charge in [0.2, 0.25) is 0 Å². The molecule has 5 rings (SSSR count). The van der Waals surface area contributed by atoms with Crippen molar-refractivity contribution in [1.82, 2.24) is 13.9 Å². The van der Waals surface area contributed by atoms with Gasteiger partial charge in [-0.25, -0.2) is 9.67 Å². The summed E-state index contributed by atoms with van der Waals surface area (Å²) in [5.41, 5.74) is 5.64. The number of benzene rings is 3. The summed E-state index contributed by atoms with van der Waals surface area (Å²) < 4.78 is 5.81. The quantitative estimate of drug-likeness (QED) is 0.287. The molecule has 0 aliphatic carbocycles. The Morgan fingerprint density at radius 1 is 0.857 bits per heavy atom. The van der Waals surface area contributed by atoms with E-state index in [1.54, 1.807) is 16.0 Å². The van der Waals surface area contributed by atoms with Crippen molar-refractivity contribution in [3.8, 4) is 16.9 Å². The van der Waals surface area contributed by atoms with Gasteiger partial charge in [0.1, 0.15) is 0 Å². The van der Waals surface area contributed by atoms with Gasteiger partial charge in [-0.3, -0.25) is 9.48 Å².